The van der Waals surface area contributed by atoms with E-state index in [9.17, 15) is 34.9 Å². The molecule has 0 bridgehead atoms. The van der Waals surface area contributed by atoms with Gasteiger partial charge in [0, 0.05) is 29.2 Å². The predicted molar refractivity (Wildman–Crippen MR) is 155 cm³/mol. The first-order valence-electron chi connectivity index (χ1n) is 12.1. The number of carbonyl (C=O) groups is 2. The summed E-state index contributed by atoms with van der Waals surface area (Å²) in [6, 6.07) is 21.3. The van der Waals surface area contributed by atoms with Gasteiger partial charge in [-0.25, -0.2) is 5.43 Å². The lowest BCUT2D eigenvalue weighted by molar-refractivity contribution is -0.394. The van der Waals surface area contributed by atoms with E-state index < -0.39 is 39.1 Å². The SMILES string of the molecule is O=C(N[C@@H](CSCc1ccccc1)C(=O)N/N=C/c1c(O)ccc2ccccc12)c1cc([N+](=O)[O-])cc([N+](=O)[O-])c1. The van der Waals surface area contributed by atoms with Crippen molar-refractivity contribution in [3.63, 3.8) is 0 Å². The van der Waals surface area contributed by atoms with E-state index in [1.807, 2.05) is 42.5 Å². The molecule has 0 aliphatic heterocycles. The summed E-state index contributed by atoms with van der Waals surface area (Å²) >= 11 is 1.35. The van der Waals surface area contributed by atoms with E-state index >= 15 is 0 Å². The fourth-order valence-electron chi connectivity index (χ4n) is 3.89. The second-order valence-corrected chi connectivity index (χ2v) is 9.76. The summed E-state index contributed by atoms with van der Waals surface area (Å²) in [5.41, 5.74) is 2.11. The number of nitrogens with zero attached hydrogens (tertiary/aromatic N) is 3. The summed E-state index contributed by atoms with van der Waals surface area (Å²) < 4.78 is 0. The maximum Gasteiger partial charge on any atom is 0.277 e. The highest BCUT2D eigenvalue weighted by Crippen LogP contribution is 2.26. The Morgan fingerprint density at radius 3 is 2.27 bits per heavy atom. The minimum Gasteiger partial charge on any atom is -0.507 e. The number of phenolic OH excluding ortho intramolecular Hbond substituents is 1. The molecule has 4 rings (SSSR count). The molecule has 0 aliphatic rings. The Morgan fingerprint density at radius 2 is 1.59 bits per heavy atom. The van der Waals surface area contributed by atoms with Gasteiger partial charge in [0.25, 0.3) is 23.2 Å². The molecule has 12 nitrogen and oxygen atoms in total. The standard InChI is InChI=1S/C28H23N5O7S/c34-26-11-10-19-8-4-5-9-23(19)24(26)15-29-31-28(36)25(17-41-16-18-6-2-1-3-7-18)30-27(35)20-12-21(32(37)38)14-22(13-20)33(39)40/h1-15,25,34H,16-17H2,(H,30,35)(H,31,36)/b29-15+/t25-/m0/s1. The van der Waals surface area contributed by atoms with Crippen molar-refractivity contribution in [2.24, 2.45) is 5.10 Å². The quantitative estimate of drug-likeness (QED) is 0.133. The monoisotopic (exact) mass is 573 g/mol. The van der Waals surface area contributed by atoms with Crippen LogP contribution in [-0.4, -0.2) is 44.8 Å². The maximum absolute atomic E-state index is 13.1. The molecule has 0 saturated heterocycles. The van der Waals surface area contributed by atoms with Gasteiger partial charge in [-0.1, -0.05) is 60.7 Å². The lowest BCUT2D eigenvalue weighted by atomic mass is 10.0. The minimum atomic E-state index is -1.16. The number of non-ortho nitro benzene ring substituents is 2. The molecule has 4 aromatic carbocycles. The summed E-state index contributed by atoms with van der Waals surface area (Å²) in [4.78, 5) is 46.9. The molecule has 208 valence electrons. The number of carbonyl (C=O) groups excluding carboxylic acids is 2. The zero-order valence-corrected chi connectivity index (χ0v) is 22.1. The van der Waals surface area contributed by atoms with Crippen LogP contribution >= 0.6 is 11.8 Å². The molecule has 0 fully saturated rings. The molecule has 0 aromatic heterocycles. The third-order valence-electron chi connectivity index (χ3n) is 5.92. The molecule has 0 radical (unpaired) electrons. The van der Waals surface area contributed by atoms with Gasteiger partial charge in [0.1, 0.15) is 11.8 Å². The van der Waals surface area contributed by atoms with E-state index in [4.69, 9.17) is 0 Å². The molecule has 1 atom stereocenters. The van der Waals surface area contributed by atoms with E-state index in [1.165, 1.54) is 24.0 Å². The fourth-order valence-corrected chi connectivity index (χ4v) is 4.90. The van der Waals surface area contributed by atoms with Crippen LogP contribution in [0, 0.1) is 20.2 Å². The van der Waals surface area contributed by atoms with Gasteiger partial charge in [-0.3, -0.25) is 29.8 Å². The Balaban J connectivity index is 1.54. The van der Waals surface area contributed by atoms with Crippen LogP contribution in [0.4, 0.5) is 11.4 Å². The molecular formula is C28H23N5O7S. The summed E-state index contributed by atoms with van der Waals surface area (Å²) in [5, 5.41) is 40.8. The van der Waals surface area contributed by atoms with E-state index in [-0.39, 0.29) is 17.1 Å². The van der Waals surface area contributed by atoms with Crippen LogP contribution in [0.5, 0.6) is 5.75 Å². The lowest BCUT2D eigenvalue weighted by Crippen LogP contribution is -2.47. The third-order valence-corrected chi connectivity index (χ3v) is 7.03. The number of aromatic hydroxyl groups is 1. The summed E-state index contributed by atoms with van der Waals surface area (Å²) in [5.74, 6) is -1.03. The van der Waals surface area contributed by atoms with Crippen LogP contribution in [0.1, 0.15) is 21.5 Å². The Morgan fingerprint density at radius 1 is 0.927 bits per heavy atom. The van der Waals surface area contributed by atoms with E-state index in [1.54, 1.807) is 18.2 Å². The number of nitro groups is 2. The first-order chi connectivity index (χ1) is 19.7. The number of fused-ring (bicyclic) bond motifs is 1. The van der Waals surface area contributed by atoms with Crippen molar-refractivity contribution in [3.8, 4) is 5.75 Å². The first kappa shape index (κ1) is 28.7. The molecule has 13 heteroatoms. The average molecular weight is 574 g/mol. The van der Waals surface area contributed by atoms with Crippen molar-refractivity contribution in [3.05, 3.63) is 122 Å². The number of nitrogens with one attached hydrogen (secondary N) is 2. The summed E-state index contributed by atoms with van der Waals surface area (Å²) in [6.45, 7) is 0. The fraction of sp³-hybridized carbons (Fsp3) is 0.107. The van der Waals surface area contributed by atoms with Crippen molar-refractivity contribution >= 4 is 51.9 Å². The molecule has 0 saturated carbocycles. The van der Waals surface area contributed by atoms with Gasteiger partial charge >= 0.3 is 0 Å². The minimum absolute atomic E-state index is 0.0442. The topological polar surface area (TPSA) is 177 Å². The van der Waals surface area contributed by atoms with Gasteiger partial charge in [0.15, 0.2) is 0 Å². The first-order valence-corrected chi connectivity index (χ1v) is 13.3. The molecule has 0 aliphatic carbocycles. The second kappa shape index (κ2) is 13.2. The van der Waals surface area contributed by atoms with Crippen molar-refractivity contribution in [1.82, 2.24) is 10.7 Å². The number of thioether (sulfide) groups is 1. The van der Waals surface area contributed by atoms with Gasteiger partial charge in [-0.05, 0) is 22.4 Å². The number of amides is 2. The molecule has 4 aromatic rings. The number of rotatable bonds is 11. The van der Waals surface area contributed by atoms with Crippen LogP contribution in [0.15, 0.2) is 90.0 Å². The number of nitro benzene ring substituents is 2. The third kappa shape index (κ3) is 7.42. The van der Waals surface area contributed by atoms with Crippen LogP contribution in [0.25, 0.3) is 10.8 Å². The van der Waals surface area contributed by atoms with Gasteiger partial charge in [0.2, 0.25) is 0 Å². The number of hydrazone groups is 1. The second-order valence-electron chi connectivity index (χ2n) is 8.73. The predicted octanol–water partition coefficient (Wildman–Crippen LogP) is 4.54. The highest BCUT2D eigenvalue weighted by atomic mass is 32.2. The number of hydrogen-bond donors (Lipinski definition) is 3. The molecule has 3 N–H and O–H groups in total. The summed E-state index contributed by atoms with van der Waals surface area (Å²) in [6.07, 6.45) is 1.29. The number of hydrogen-bond acceptors (Lipinski definition) is 9. The highest BCUT2D eigenvalue weighted by Gasteiger charge is 2.25. The Labute approximate surface area is 237 Å². The summed E-state index contributed by atoms with van der Waals surface area (Å²) in [7, 11) is 0. The molecule has 0 heterocycles. The van der Waals surface area contributed by atoms with Crippen molar-refractivity contribution in [1.29, 1.82) is 0 Å². The van der Waals surface area contributed by atoms with Crippen molar-refractivity contribution in [2.45, 2.75) is 11.8 Å². The van der Waals surface area contributed by atoms with E-state index in [2.05, 4.69) is 15.8 Å². The van der Waals surface area contributed by atoms with Gasteiger partial charge < -0.3 is 10.4 Å². The molecule has 2 amide bonds. The Hall–Kier alpha value is -5.30. The Bertz CT molecular complexity index is 1610. The average Bonchev–Trinajstić information content (AvgIpc) is 2.97. The maximum atomic E-state index is 13.1. The zero-order chi connectivity index (χ0) is 29.4. The zero-order valence-electron chi connectivity index (χ0n) is 21.3. The van der Waals surface area contributed by atoms with Gasteiger partial charge in [-0.2, -0.15) is 16.9 Å². The Kier molecular flexibility index (Phi) is 9.22. The smallest absolute Gasteiger partial charge is 0.277 e. The molecule has 41 heavy (non-hydrogen) atoms. The van der Waals surface area contributed by atoms with E-state index in [0.717, 1.165) is 29.1 Å². The van der Waals surface area contributed by atoms with Crippen LogP contribution in [-0.2, 0) is 10.5 Å². The van der Waals surface area contributed by atoms with Crippen LogP contribution in [0.2, 0.25) is 0 Å². The number of benzene rings is 4. The largest absolute Gasteiger partial charge is 0.507 e. The van der Waals surface area contributed by atoms with Gasteiger partial charge in [-0.15, -0.1) is 0 Å². The van der Waals surface area contributed by atoms with Crippen LogP contribution in [0.3, 0.4) is 0 Å². The van der Waals surface area contributed by atoms with Crippen LogP contribution < -0.4 is 10.7 Å². The van der Waals surface area contributed by atoms with Crippen molar-refractivity contribution < 1.29 is 24.5 Å². The highest BCUT2D eigenvalue weighted by molar-refractivity contribution is 7.98. The molecule has 0 spiro atoms. The normalized spacial score (nSPS) is 11.7. The molecular weight excluding hydrogens is 550 g/mol. The van der Waals surface area contributed by atoms with E-state index in [0.29, 0.717) is 16.7 Å². The van der Waals surface area contributed by atoms with Crippen molar-refractivity contribution in [2.75, 3.05) is 5.75 Å². The molecule has 0 unspecified atom stereocenters. The number of phenols is 1. The van der Waals surface area contributed by atoms with Gasteiger partial charge in [0.05, 0.1) is 27.7 Å². The lowest BCUT2D eigenvalue weighted by Gasteiger charge is -2.17.